The number of carbonyl (C=O) groups is 1. The summed E-state index contributed by atoms with van der Waals surface area (Å²) in [5, 5.41) is 9.71. The van der Waals surface area contributed by atoms with Crippen molar-refractivity contribution >= 4 is 52.1 Å². The second-order valence-corrected chi connectivity index (χ2v) is 7.69. The number of nitrogens with one attached hydrogen (secondary N) is 3. The number of rotatable bonds is 8. The fourth-order valence-corrected chi connectivity index (χ4v) is 3.57. The van der Waals surface area contributed by atoms with Gasteiger partial charge in [-0.2, -0.15) is 0 Å². The number of para-hydroxylation sites is 3. The fraction of sp³-hybridized carbons (Fsp3) is 0.130. The van der Waals surface area contributed by atoms with E-state index in [0.29, 0.717) is 28.9 Å². The molecule has 7 heteroatoms. The normalized spacial score (nSPS) is 10.2. The van der Waals surface area contributed by atoms with Crippen molar-refractivity contribution in [2.45, 2.75) is 11.8 Å². The fourth-order valence-electron chi connectivity index (χ4n) is 2.64. The van der Waals surface area contributed by atoms with Crippen molar-refractivity contribution in [2.75, 3.05) is 28.3 Å². The SMILES string of the molecule is CCOc1ccccc1NC(=O)CSc1ccc(NC(=S)Nc2ccccc2)cc1. The summed E-state index contributed by atoms with van der Waals surface area (Å²) in [7, 11) is 0. The van der Waals surface area contributed by atoms with Crippen LogP contribution in [-0.2, 0) is 4.79 Å². The zero-order valence-corrected chi connectivity index (χ0v) is 18.2. The Morgan fingerprint density at radius 1 is 0.867 bits per heavy atom. The maximum Gasteiger partial charge on any atom is 0.234 e. The highest BCUT2D eigenvalue weighted by atomic mass is 32.2. The standard InChI is InChI=1S/C23H23N3O2S2/c1-2-28-21-11-7-6-10-20(21)26-22(27)16-30-19-14-12-18(13-15-19)25-23(29)24-17-8-4-3-5-9-17/h3-15H,2,16H2,1H3,(H,26,27)(H2,24,25,29). The highest BCUT2D eigenvalue weighted by Crippen LogP contribution is 2.25. The molecule has 3 aromatic rings. The van der Waals surface area contributed by atoms with Gasteiger partial charge in [-0.15, -0.1) is 11.8 Å². The number of thioether (sulfide) groups is 1. The van der Waals surface area contributed by atoms with Gasteiger partial charge in [0.05, 0.1) is 18.0 Å². The van der Waals surface area contributed by atoms with Crippen LogP contribution in [0.15, 0.2) is 83.8 Å². The lowest BCUT2D eigenvalue weighted by molar-refractivity contribution is -0.113. The summed E-state index contributed by atoms with van der Waals surface area (Å²) in [4.78, 5) is 13.3. The summed E-state index contributed by atoms with van der Waals surface area (Å²) < 4.78 is 5.54. The maximum atomic E-state index is 12.3. The summed E-state index contributed by atoms with van der Waals surface area (Å²) in [5.41, 5.74) is 2.49. The molecule has 0 heterocycles. The molecule has 30 heavy (non-hydrogen) atoms. The van der Waals surface area contributed by atoms with Gasteiger partial charge < -0.3 is 20.7 Å². The number of ether oxygens (including phenoxy) is 1. The Balaban J connectivity index is 1.47. The molecule has 0 saturated carbocycles. The second-order valence-electron chi connectivity index (χ2n) is 6.24. The van der Waals surface area contributed by atoms with E-state index < -0.39 is 0 Å². The number of benzene rings is 3. The van der Waals surface area contributed by atoms with Crippen molar-refractivity contribution in [3.63, 3.8) is 0 Å². The predicted molar refractivity (Wildman–Crippen MR) is 130 cm³/mol. The molecule has 0 aliphatic carbocycles. The maximum absolute atomic E-state index is 12.3. The average molecular weight is 438 g/mol. The highest BCUT2D eigenvalue weighted by Gasteiger charge is 2.08. The summed E-state index contributed by atoms with van der Waals surface area (Å²) in [5.74, 6) is 0.901. The third-order valence-corrected chi connectivity index (χ3v) is 5.19. The monoisotopic (exact) mass is 437 g/mol. The van der Waals surface area contributed by atoms with Crippen molar-refractivity contribution in [3.8, 4) is 5.75 Å². The van der Waals surface area contributed by atoms with Crippen LogP contribution in [0.3, 0.4) is 0 Å². The van der Waals surface area contributed by atoms with Gasteiger partial charge in [0.15, 0.2) is 5.11 Å². The van der Waals surface area contributed by atoms with Crippen molar-refractivity contribution in [2.24, 2.45) is 0 Å². The molecule has 0 aliphatic heterocycles. The van der Waals surface area contributed by atoms with E-state index in [9.17, 15) is 4.79 Å². The van der Waals surface area contributed by atoms with E-state index in [1.54, 1.807) is 0 Å². The first-order valence-electron chi connectivity index (χ1n) is 9.51. The Kier molecular flexibility index (Phi) is 8.11. The van der Waals surface area contributed by atoms with Crippen molar-refractivity contribution in [3.05, 3.63) is 78.9 Å². The number of hydrogen-bond donors (Lipinski definition) is 3. The van der Waals surface area contributed by atoms with Crippen LogP contribution in [0, 0.1) is 0 Å². The lowest BCUT2D eigenvalue weighted by Gasteiger charge is -2.12. The van der Waals surface area contributed by atoms with E-state index in [1.807, 2.05) is 85.8 Å². The van der Waals surface area contributed by atoms with Gasteiger partial charge in [0.1, 0.15) is 5.75 Å². The Morgan fingerprint density at radius 2 is 1.50 bits per heavy atom. The van der Waals surface area contributed by atoms with E-state index in [-0.39, 0.29) is 5.91 Å². The van der Waals surface area contributed by atoms with Crippen LogP contribution in [0.1, 0.15) is 6.92 Å². The molecular formula is C23H23N3O2S2. The minimum Gasteiger partial charge on any atom is -0.492 e. The van der Waals surface area contributed by atoms with Crippen LogP contribution in [0.5, 0.6) is 5.75 Å². The van der Waals surface area contributed by atoms with E-state index in [1.165, 1.54) is 11.8 Å². The number of anilines is 3. The smallest absolute Gasteiger partial charge is 0.234 e. The molecule has 0 atom stereocenters. The topological polar surface area (TPSA) is 62.4 Å². The van der Waals surface area contributed by atoms with Crippen molar-refractivity contribution < 1.29 is 9.53 Å². The van der Waals surface area contributed by atoms with Crippen LogP contribution in [0.25, 0.3) is 0 Å². The van der Waals surface area contributed by atoms with Crippen LogP contribution in [0.4, 0.5) is 17.1 Å². The number of amides is 1. The first kappa shape index (κ1) is 21.7. The summed E-state index contributed by atoms with van der Waals surface area (Å²) >= 11 is 6.81. The lowest BCUT2D eigenvalue weighted by Crippen LogP contribution is -2.18. The molecule has 0 unspecified atom stereocenters. The molecule has 0 aliphatic rings. The largest absolute Gasteiger partial charge is 0.492 e. The van der Waals surface area contributed by atoms with E-state index in [0.717, 1.165) is 16.3 Å². The first-order valence-corrected chi connectivity index (χ1v) is 10.9. The predicted octanol–water partition coefficient (Wildman–Crippen LogP) is 5.63. The molecule has 1 amide bonds. The number of carbonyl (C=O) groups excluding carboxylic acids is 1. The first-order chi connectivity index (χ1) is 14.6. The Hall–Kier alpha value is -3.03. The van der Waals surface area contributed by atoms with Crippen LogP contribution in [-0.4, -0.2) is 23.4 Å². The van der Waals surface area contributed by atoms with Crippen molar-refractivity contribution in [1.82, 2.24) is 0 Å². The molecule has 154 valence electrons. The molecule has 5 nitrogen and oxygen atoms in total. The second kappa shape index (κ2) is 11.2. The van der Waals surface area contributed by atoms with E-state index in [4.69, 9.17) is 17.0 Å². The van der Waals surface area contributed by atoms with E-state index in [2.05, 4.69) is 16.0 Å². The quantitative estimate of drug-likeness (QED) is 0.314. The van der Waals surface area contributed by atoms with E-state index >= 15 is 0 Å². The third kappa shape index (κ3) is 6.79. The zero-order chi connectivity index (χ0) is 21.2. The summed E-state index contributed by atoms with van der Waals surface area (Å²) in [6.07, 6.45) is 0. The molecule has 3 rings (SSSR count). The molecule has 3 N–H and O–H groups in total. The highest BCUT2D eigenvalue weighted by molar-refractivity contribution is 8.00. The molecule has 0 aromatic heterocycles. The molecule has 0 bridgehead atoms. The van der Waals surface area contributed by atoms with Gasteiger partial charge in [-0.25, -0.2) is 0 Å². The van der Waals surface area contributed by atoms with Gasteiger partial charge in [0, 0.05) is 16.3 Å². The minimum absolute atomic E-state index is 0.0809. The van der Waals surface area contributed by atoms with Gasteiger partial charge in [0.2, 0.25) is 5.91 Å². The zero-order valence-electron chi connectivity index (χ0n) is 16.6. The van der Waals surface area contributed by atoms with Crippen molar-refractivity contribution in [1.29, 1.82) is 0 Å². The van der Waals surface area contributed by atoms with Gasteiger partial charge in [-0.3, -0.25) is 4.79 Å². The molecule has 0 radical (unpaired) electrons. The molecule has 0 saturated heterocycles. The van der Waals surface area contributed by atoms with Crippen LogP contribution < -0.4 is 20.7 Å². The Bertz CT molecular complexity index is 979. The van der Waals surface area contributed by atoms with Crippen LogP contribution >= 0.6 is 24.0 Å². The van der Waals surface area contributed by atoms with Gasteiger partial charge in [-0.05, 0) is 67.7 Å². The van der Waals surface area contributed by atoms with Crippen LogP contribution in [0.2, 0.25) is 0 Å². The lowest BCUT2D eigenvalue weighted by atomic mass is 10.3. The summed E-state index contributed by atoms with van der Waals surface area (Å²) in [6.45, 7) is 2.46. The number of thiocarbonyl (C=S) groups is 1. The van der Waals surface area contributed by atoms with Gasteiger partial charge in [-0.1, -0.05) is 30.3 Å². The minimum atomic E-state index is -0.0809. The third-order valence-electron chi connectivity index (χ3n) is 3.97. The van der Waals surface area contributed by atoms with Gasteiger partial charge >= 0.3 is 0 Å². The molecule has 3 aromatic carbocycles. The molecule has 0 fully saturated rings. The average Bonchev–Trinajstić information content (AvgIpc) is 2.75. The summed E-state index contributed by atoms with van der Waals surface area (Å²) in [6, 6.07) is 25.0. The Labute approximate surface area is 186 Å². The number of hydrogen-bond acceptors (Lipinski definition) is 4. The van der Waals surface area contributed by atoms with Gasteiger partial charge in [0.25, 0.3) is 0 Å². The Morgan fingerprint density at radius 3 is 2.20 bits per heavy atom. The molecular weight excluding hydrogens is 414 g/mol. The molecule has 0 spiro atoms.